The van der Waals surface area contributed by atoms with Gasteiger partial charge in [-0.1, -0.05) is 96.0 Å². The molecule has 0 aliphatic rings. The second-order valence-corrected chi connectivity index (χ2v) is 13.3. The Labute approximate surface area is 345 Å². The van der Waals surface area contributed by atoms with Crippen molar-refractivity contribution in [2.24, 2.45) is 0 Å². The molecule has 0 bridgehead atoms. The monoisotopic (exact) mass is 810 g/mol. The van der Waals surface area contributed by atoms with E-state index in [2.05, 4.69) is 21.3 Å². The molecule has 0 spiro atoms. The van der Waals surface area contributed by atoms with Crippen LogP contribution in [0.5, 0.6) is 11.5 Å². The van der Waals surface area contributed by atoms with E-state index in [1.165, 1.54) is 12.2 Å². The van der Waals surface area contributed by atoms with E-state index in [4.69, 9.17) is 32.7 Å². The molecule has 0 aliphatic carbocycles. The number of nitrogens with one attached hydrogen (secondary N) is 4. The minimum Gasteiger partial charge on any atom is -0.489 e. The number of ether oxygens (including phenoxy) is 2. The van der Waals surface area contributed by atoms with Gasteiger partial charge < -0.3 is 30.7 Å². The van der Waals surface area contributed by atoms with Crippen molar-refractivity contribution in [3.8, 4) is 11.5 Å². The van der Waals surface area contributed by atoms with Crippen molar-refractivity contribution < 1.29 is 28.7 Å². The van der Waals surface area contributed by atoms with Crippen LogP contribution < -0.4 is 30.7 Å². The van der Waals surface area contributed by atoms with Crippen molar-refractivity contribution in [1.29, 1.82) is 0 Å². The van der Waals surface area contributed by atoms with Gasteiger partial charge in [0, 0.05) is 43.7 Å². The molecule has 4 N–H and O–H groups in total. The van der Waals surface area contributed by atoms with Crippen LogP contribution >= 0.6 is 23.2 Å². The molecule has 4 amide bonds. The lowest BCUT2D eigenvalue weighted by Crippen LogP contribution is -2.30. The first-order valence-electron chi connectivity index (χ1n) is 18.0. The highest BCUT2D eigenvalue weighted by molar-refractivity contribution is 6.31. The highest BCUT2D eigenvalue weighted by atomic mass is 35.5. The van der Waals surface area contributed by atoms with Crippen LogP contribution in [0.2, 0.25) is 10.0 Å². The number of carbonyl (C=O) groups is 4. The molecule has 6 aromatic rings. The van der Waals surface area contributed by atoms with E-state index in [0.29, 0.717) is 55.2 Å². The first kappa shape index (κ1) is 40.5. The standard InChI is InChI=1S/C46H36Cl2N4O6/c47-35-19-23-37(24-20-35)49-45(55)39(51-43(53)31-11-3-1-4-12-31)29-33-15-7-9-17-41(33)57-27-28-58-42-18-10-8-16-34(42)30-40(52-44(54)32-13-5-2-6-14-32)46(56)50-38-25-21-36(48)22-26-38/h1-26,29-30H,27-28H2,(H,49,55)(H,50,56)(H,51,53)(H,52,54)/b39-29-,40-30-. The quantitative estimate of drug-likeness (QED) is 0.0604. The van der Waals surface area contributed by atoms with Crippen molar-refractivity contribution >= 4 is 70.4 Å². The van der Waals surface area contributed by atoms with Gasteiger partial charge in [-0.25, -0.2) is 0 Å². The Morgan fingerprint density at radius 1 is 0.448 bits per heavy atom. The summed E-state index contributed by atoms with van der Waals surface area (Å²) in [6.07, 6.45) is 3.06. The number of halogens is 2. The summed E-state index contributed by atoms with van der Waals surface area (Å²) in [5, 5.41) is 12.1. The molecular formula is C46H36Cl2N4O6. The lowest BCUT2D eigenvalue weighted by molar-refractivity contribution is -0.113. The number of anilines is 2. The number of hydrogen-bond acceptors (Lipinski definition) is 6. The second-order valence-electron chi connectivity index (χ2n) is 12.5. The van der Waals surface area contributed by atoms with E-state index in [0.717, 1.165) is 0 Å². The molecule has 0 saturated heterocycles. The topological polar surface area (TPSA) is 135 Å². The van der Waals surface area contributed by atoms with E-state index in [9.17, 15) is 19.2 Å². The number of para-hydroxylation sites is 2. The number of benzene rings is 6. The Morgan fingerprint density at radius 2 is 0.793 bits per heavy atom. The Balaban J connectivity index is 1.18. The fourth-order valence-electron chi connectivity index (χ4n) is 5.42. The molecule has 58 heavy (non-hydrogen) atoms. The van der Waals surface area contributed by atoms with Gasteiger partial charge in [0.25, 0.3) is 23.6 Å². The molecular weight excluding hydrogens is 775 g/mol. The molecule has 290 valence electrons. The minimum absolute atomic E-state index is 0.0212. The van der Waals surface area contributed by atoms with E-state index in [1.807, 2.05) is 0 Å². The van der Waals surface area contributed by atoms with Crippen LogP contribution in [0.4, 0.5) is 11.4 Å². The largest absolute Gasteiger partial charge is 0.489 e. The highest BCUT2D eigenvalue weighted by Crippen LogP contribution is 2.24. The summed E-state index contributed by atoms with van der Waals surface area (Å²) in [4.78, 5) is 53.4. The zero-order chi connectivity index (χ0) is 40.7. The summed E-state index contributed by atoms with van der Waals surface area (Å²) in [6.45, 7) is 0.167. The predicted molar refractivity (Wildman–Crippen MR) is 228 cm³/mol. The summed E-state index contributed by atoms with van der Waals surface area (Å²) < 4.78 is 12.2. The van der Waals surface area contributed by atoms with Gasteiger partial charge in [-0.15, -0.1) is 0 Å². The molecule has 0 atom stereocenters. The number of rotatable bonds is 15. The van der Waals surface area contributed by atoms with Crippen molar-refractivity contribution in [2.45, 2.75) is 0 Å². The Kier molecular flexibility index (Phi) is 14.1. The van der Waals surface area contributed by atoms with Gasteiger partial charge >= 0.3 is 0 Å². The molecule has 12 heteroatoms. The van der Waals surface area contributed by atoms with Crippen LogP contribution in [0.3, 0.4) is 0 Å². The van der Waals surface area contributed by atoms with Crippen LogP contribution in [0, 0.1) is 0 Å². The molecule has 0 aromatic heterocycles. The number of carbonyl (C=O) groups excluding carboxylic acids is 4. The third-order valence-corrected chi connectivity index (χ3v) is 8.80. The molecule has 10 nitrogen and oxygen atoms in total. The summed E-state index contributed by atoms with van der Waals surface area (Å²) in [5.74, 6) is -1.21. The zero-order valence-electron chi connectivity index (χ0n) is 30.8. The average Bonchev–Trinajstić information content (AvgIpc) is 3.25. The fraction of sp³-hybridized carbons (Fsp3) is 0.0435. The SMILES string of the molecule is O=C(Nc1ccc(Cl)cc1)/C(=C/c1ccccc1OCCOc1ccccc1/C=C(\NC(=O)c1ccccc1)C(=O)Nc1ccc(Cl)cc1)NC(=O)c1ccccc1. The zero-order valence-corrected chi connectivity index (χ0v) is 32.3. The van der Waals surface area contributed by atoms with Gasteiger partial charge in [0.2, 0.25) is 0 Å². The molecule has 0 radical (unpaired) electrons. The predicted octanol–water partition coefficient (Wildman–Crippen LogP) is 9.27. The van der Waals surface area contributed by atoms with E-state index in [-0.39, 0.29) is 24.6 Å². The second kappa shape index (κ2) is 20.1. The molecule has 6 aromatic carbocycles. The van der Waals surface area contributed by atoms with Crippen molar-refractivity contribution in [3.05, 3.63) is 201 Å². The van der Waals surface area contributed by atoms with Crippen molar-refractivity contribution in [1.82, 2.24) is 10.6 Å². The van der Waals surface area contributed by atoms with Gasteiger partial charge in [0.1, 0.15) is 36.1 Å². The van der Waals surface area contributed by atoms with E-state index >= 15 is 0 Å². The van der Waals surface area contributed by atoms with Gasteiger partial charge in [-0.05, 0) is 97.1 Å². The van der Waals surface area contributed by atoms with Gasteiger partial charge in [0.15, 0.2) is 0 Å². The first-order chi connectivity index (χ1) is 28.2. The Bertz CT molecular complexity index is 2270. The fourth-order valence-corrected chi connectivity index (χ4v) is 5.68. The molecule has 0 fully saturated rings. The van der Waals surface area contributed by atoms with Crippen LogP contribution in [0.15, 0.2) is 169 Å². The Morgan fingerprint density at radius 3 is 1.17 bits per heavy atom. The smallest absolute Gasteiger partial charge is 0.272 e. The van der Waals surface area contributed by atoms with Crippen LogP contribution in [-0.4, -0.2) is 36.8 Å². The third-order valence-electron chi connectivity index (χ3n) is 8.30. The molecule has 0 aliphatic heterocycles. The Hall–Kier alpha value is -7.14. The van der Waals surface area contributed by atoms with Gasteiger partial charge in [-0.2, -0.15) is 0 Å². The lowest BCUT2D eigenvalue weighted by Gasteiger charge is -2.15. The van der Waals surface area contributed by atoms with E-state index < -0.39 is 23.6 Å². The van der Waals surface area contributed by atoms with Crippen molar-refractivity contribution in [2.75, 3.05) is 23.8 Å². The number of amides is 4. The maximum Gasteiger partial charge on any atom is 0.272 e. The molecule has 0 unspecified atom stereocenters. The maximum atomic E-state index is 13.5. The van der Waals surface area contributed by atoms with Crippen LogP contribution in [0.25, 0.3) is 12.2 Å². The first-order valence-corrected chi connectivity index (χ1v) is 18.7. The van der Waals surface area contributed by atoms with Gasteiger partial charge in [-0.3, -0.25) is 19.2 Å². The maximum absolute atomic E-state index is 13.5. The number of hydrogen-bond donors (Lipinski definition) is 4. The normalized spacial score (nSPS) is 11.2. The summed E-state index contributed by atoms with van der Waals surface area (Å²) in [5.41, 5.74) is 2.71. The van der Waals surface area contributed by atoms with Gasteiger partial charge in [0.05, 0.1) is 0 Å². The van der Waals surface area contributed by atoms with Crippen molar-refractivity contribution in [3.63, 3.8) is 0 Å². The summed E-state index contributed by atoms with van der Waals surface area (Å²) in [6, 6.07) is 44.4. The minimum atomic E-state index is -0.560. The lowest BCUT2D eigenvalue weighted by atomic mass is 10.1. The van der Waals surface area contributed by atoms with Crippen LogP contribution in [0.1, 0.15) is 31.8 Å². The third kappa shape index (κ3) is 11.7. The average molecular weight is 812 g/mol. The van der Waals surface area contributed by atoms with E-state index in [1.54, 1.807) is 158 Å². The highest BCUT2D eigenvalue weighted by Gasteiger charge is 2.18. The van der Waals surface area contributed by atoms with Crippen LogP contribution in [-0.2, 0) is 9.59 Å². The molecule has 6 rings (SSSR count). The molecule has 0 saturated carbocycles. The summed E-state index contributed by atoms with van der Waals surface area (Å²) in [7, 11) is 0. The summed E-state index contributed by atoms with van der Waals surface area (Å²) >= 11 is 12.0. The molecule has 0 heterocycles.